The SMILES string of the molecule is COc1ccc(C(=O)N[C@@H](NC(=S)Nc2cccc(NC(C)=O)c2)C(Cl)(Cl)Cl)cc1. The fraction of sp³-hybridized carbons (Fsp3) is 0.211. The van der Waals surface area contributed by atoms with Crippen LogP contribution in [0.25, 0.3) is 0 Å². The Kier molecular flexibility index (Phi) is 8.54. The van der Waals surface area contributed by atoms with Gasteiger partial charge in [-0.1, -0.05) is 40.9 Å². The fourth-order valence-electron chi connectivity index (χ4n) is 2.33. The van der Waals surface area contributed by atoms with Crippen LogP contribution in [0.5, 0.6) is 5.75 Å². The summed E-state index contributed by atoms with van der Waals surface area (Å²) >= 11 is 23.3. The predicted octanol–water partition coefficient (Wildman–Crippen LogP) is 4.07. The van der Waals surface area contributed by atoms with Gasteiger partial charge in [-0.15, -0.1) is 0 Å². The third-order valence-electron chi connectivity index (χ3n) is 3.67. The van der Waals surface area contributed by atoms with Gasteiger partial charge in [-0.25, -0.2) is 0 Å². The lowest BCUT2D eigenvalue weighted by atomic mass is 10.2. The van der Waals surface area contributed by atoms with Crippen LogP contribution < -0.4 is 26.0 Å². The van der Waals surface area contributed by atoms with E-state index in [1.807, 2.05) is 0 Å². The Morgan fingerprint density at radius 1 is 1.00 bits per heavy atom. The molecule has 30 heavy (non-hydrogen) atoms. The quantitative estimate of drug-likeness (QED) is 0.278. The molecule has 0 radical (unpaired) electrons. The summed E-state index contributed by atoms with van der Waals surface area (Å²) in [5.41, 5.74) is 1.52. The molecule has 0 aliphatic heterocycles. The van der Waals surface area contributed by atoms with E-state index >= 15 is 0 Å². The number of carbonyl (C=O) groups is 2. The summed E-state index contributed by atoms with van der Waals surface area (Å²) in [6.07, 6.45) is -1.13. The van der Waals surface area contributed by atoms with Gasteiger partial charge in [-0.2, -0.15) is 0 Å². The standard InChI is InChI=1S/C19H19Cl3N4O3S/c1-11(27)23-13-4-3-5-14(10-13)24-18(30)26-17(19(20,21)22)25-16(28)12-6-8-15(29-2)9-7-12/h3-10,17H,1-2H3,(H,23,27)(H,25,28)(H2,24,26,30)/t17-/m0/s1. The van der Waals surface area contributed by atoms with E-state index in [1.54, 1.807) is 48.5 Å². The van der Waals surface area contributed by atoms with Gasteiger partial charge >= 0.3 is 0 Å². The van der Waals surface area contributed by atoms with Gasteiger partial charge in [0.05, 0.1) is 7.11 Å². The molecule has 2 amide bonds. The number of methoxy groups -OCH3 is 1. The molecule has 4 N–H and O–H groups in total. The molecule has 0 aliphatic carbocycles. The summed E-state index contributed by atoms with van der Waals surface area (Å²) in [6.45, 7) is 1.41. The first-order chi connectivity index (χ1) is 14.1. The number of rotatable bonds is 6. The predicted molar refractivity (Wildman–Crippen MR) is 125 cm³/mol. The molecule has 0 aromatic heterocycles. The first kappa shape index (κ1) is 24.0. The fourth-order valence-corrected chi connectivity index (χ4v) is 2.90. The number of hydrogen-bond acceptors (Lipinski definition) is 4. The Balaban J connectivity index is 2.06. The van der Waals surface area contributed by atoms with Crippen LogP contribution in [-0.4, -0.2) is 34.0 Å². The zero-order valence-electron chi connectivity index (χ0n) is 16.0. The highest BCUT2D eigenvalue weighted by Crippen LogP contribution is 2.29. The summed E-state index contributed by atoms with van der Waals surface area (Å²) in [7, 11) is 1.53. The summed E-state index contributed by atoms with van der Waals surface area (Å²) in [5.74, 6) is -0.0724. The molecule has 2 aromatic carbocycles. The van der Waals surface area contributed by atoms with Crippen molar-refractivity contribution in [1.29, 1.82) is 0 Å². The van der Waals surface area contributed by atoms with Crippen molar-refractivity contribution in [1.82, 2.24) is 10.6 Å². The molecule has 0 saturated heterocycles. The average Bonchev–Trinajstić information content (AvgIpc) is 2.66. The highest BCUT2D eigenvalue weighted by Gasteiger charge is 2.34. The van der Waals surface area contributed by atoms with E-state index in [2.05, 4.69) is 21.3 Å². The van der Waals surface area contributed by atoms with Gasteiger partial charge in [0, 0.05) is 23.9 Å². The van der Waals surface area contributed by atoms with E-state index in [9.17, 15) is 9.59 Å². The Morgan fingerprint density at radius 3 is 2.13 bits per heavy atom. The van der Waals surface area contributed by atoms with Crippen molar-refractivity contribution in [2.45, 2.75) is 16.9 Å². The van der Waals surface area contributed by atoms with Gasteiger partial charge < -0.3 is 26.0 Å². The Bertz CT molecular complexity index is 920. The van der Waals surface area contributed by atoms with E-state index in [4.69, 9.17) is 51.8 Å². The number of ether oxygens (including phenoxy) is 1. The molecule has 2 aromatic rings. The molecule has 0 heterocycles. The second kappa shape index (κ2) is 10.7. The minimum absolute atomic E-state index is 0.0985. The highest BCUT2D eigenvalue weighted by molar-refractivity contribution is 7.80. The summed E-state index contributed by atoms with van der Waals surface area (Å²) in [6, 6.07) is 13.3. The third kappa shape index (κ3) is 7.53. The average molecular weight is 490 g/mol. The normalized spacial score (nSPS) is 11.8. The van der Waals surface area contributed by atoms with E-state index in [0.29, 0.717) is 22.7 Å². The van der Waals surface area contributed by atoms with Crippen molar-refractivity contribution in [2.24, 2.45) is 0 Å². The number of anilines is 2. The molecular formula is C19H19Cl3N4O3S. The third-order valence-corrected chi connectivity index (χ3v) is 4.55. The van der Waals surface area contributed by atoms with Crippen molar-refractivity contribution in [3.05, 3.63) is 54.1 Å². The maximum Gasteiger partial charge on any atom is 0.252 e. The van der Waals surface area contributed by atoms with Gasteiger partial charge in [0.2, 0.25) is 9.70 Å². The van der Waals surface area contributed by atoms with E-state index in [-0.39, 0.29) is 11.0 Å². The Labute approximate surface area is 194 Å². The van der Waals surface area contributed by atoms with Crippen molar-refractivity contribution in [3.8, 4) is 5.75 Å². The van der Waals surface area contributed by atoms with Gasteiger partial charge in [-0.05, 0) is 54.7 Å². The molecule has 0 saturated carbocycles. The number of nitrogens with one attached hydrogen (secondary N) is 4. The van der Waals surface area contributed by atoms with Crippen molar-refractivity contribution in [2.75, 3.05) is 17.7 Å². The van der Waals surface area contributed by atoms with Gasteiger partial charge in [0.1, 0.15) is 11.9 Å². The number of thiocarbonyl (C=S) groups is 1. The Hall–Kier alpha value is -2.26. The molecule has 1 atom stereocenters. The molecule has 7 nitrogen and oxygen atoms in total. The summed E-state index contributed by atoms with van der Waals surface area (Å²) in [4.78, 5) is 23.7. The molecule has 0 fully saturated rings. The number of halogens is 3. The lowest BCUT2D eigenvalue weighted by Gasteiger charge is -2.28. The minimum Gasteiger partial charge on any atom is -0.497 e. The highest BCUT2D eigenvalue weighted by atomic mass is 35.6. The van der Waals surface area contributed by atoms with Crippen LogP contribution in [0.2, 0.25) is 0 Å². The molecule has 2 rings (SSSR count). The number of hydrogen-bond donors (Lipinski definition) is 4. The number of carbonyl (C=O) groups excluding carboxylic acids is 2. The lowest BCUT2D eigenvalue weighted by molar-refractivity contribution is -0.114. The van der Waals surface area contributed by atoms with Crippen molar-refractivity contribution >= 4 is 75.3 Å². The zero-order chi connectivity index (χ0) is 22.3. The molecule has 0 unspecified atom stereocenters. The van der Waals surface area contributed by atoms with Crippen LogP contribution in [0.3, 0.4) is 0 Å². The van der Waals surface area contributed by atoms with Crippen LogP contribution in [0, 0.1) is 0 Å². The van der Waals surface area contributed by atoms with Gasteiger partial charge in [-0.3, -0.25) is 9.59 Å². The second-order valence-corrected chi connectivity index (χ2v) is 8.81. The number of alkyl halides is 3. The van der Waals surface area contributed by atoms with Crippen LogP contribution in [-0.2, 0) is 4.79 Å². The van der Waals surface area contributed by atoms with E-state index in [0.717, 1.165) is 0 Å². The molecule has 0 spiro atoms. The van der Waals surface area contributed by atoms with Crippen LogP contribution in [0.4, 0.5) is 11.4 Å². The maximum absolute atomic E-state index is 12.5. The largest absolute Gasteiger partial charge is 0.497 e. The first-order valence-electron chi connectivity index (χ1n) is 8.55. The van der Waals surface area contributed by atoms with Crippen molar-refractivity contribution in [3.63, 3.8) is 0 Å². The monoisotopic (exact) mass is 488 g/mol. The smallest absolute Gasteiger partial charge is 0.252 e. The van der Waals surface area contributed by atoms with Crippen LogP contribution in [0.1, 0.15) is 17.3 Å². The van der Waals surface area contributed by atoms with E-state index in [1.165, 1.54) is 14.0 Å². The van der Waals surface area contributed by atoms with Crippen molar-refractivity contribution < 1.29 is 14.3 Å². The molecule has 0 bridgehead atoms. The second-order valence-electron chi connectivity index (χ2n) is 6.04. The Morgan fingerprint density at radius 2 is 1.60 bits per heavy atom. The number of benzene rings is 2. The van der Waals surface area contributed by atoms with Gasteiger partial charge in [0.25, 0.3) is 5.91 Å². The zero-order valence-corrected chi connectivity index (χ0v) is 19.0. The van der Waals surface area contributed by atoms with E-state index < -0.39 is 15.9 Å². The van der Waals surface area contributed by atoms with Gasteiger partial charge in [0.15, 0.2) is 5.11 Å². The molecule has 0 aliphatic rings. The van der Waals surface area contributed by atoms with Crippen LogP contribution >= 0.6 is 47.0 Å². The molecule has 11 heteroatoms. The first-order valence-corrected chi connectivity index (χ1v) is 10.1. The number of amides is 2. The maximum atomic E-state index is 12.5. The topological polar surface area (TPSA) is 91.5 Å². The summed E-state index contributed by atoms with van der Waals surface area (Å²) < 4.78 is 3.17. The minimum atomic E-state index is -1.90. The molecular weight excluding hydrogens is 471 g/mol. The lowest BCUT2D eigenvalue weighted by Crippen LogP contribution is -2.56. The summed E-state index contributed by atoms with van der Waals surface area (Å²) in [5, 5.41) is 11.0. The van der Waals surface area contributed by atoms with Crippen LogP contribution in [0.15, 0.2) is 48.5 Å². The molecule has 160 valence electrons.